The molecule has 0 radical (unpaired) electrons. The van der Waals surface area contributed by atoms with E-state index in [1.165, 1.54) is 0 Å². The molecule has 0 heterocycles. The first-order valence-corrected chi connectivity index (χ1v) is 5.01. The zero-order valence-corrected chi connectivity index (χ0v) is 9.64. The van der Waals surface area contributed by atoms with Gasteiger partial charge < -0.3 is 5.73 Å². The Balaban J connectivity index is 4.57. The zero-order chi connectivity index (χ0) is 11.0. The number of halogens is 1. The summed E-state index contributed by atoms with van der Waals surface area (Å²) < 4.78 is 0. The minimum Gasteiger partial charge on any atom is -0.330 e. The first-order valence-electron chi connectivity index (χ1n) is 4.64. The van der Waals surface area contributed by atoms with Crippen LogP contribution in [-0.2, 0) is 0 Å². The SMILES string of the molecule is C=C(C)/C=C(/C=C/CCN)\C=C(/C)Cl. The molecule has 0 aliphatic carbocycles. The Morgan fingerprint density at radius 3 is 2.43 bits per heavy atom. The van der Waals surface area contributed by atoms with Gasteiger partial charge >= 0.3 is 0 Å². The molecule has 0 bridgehead atoms. The standard InChI is InChI=1S/C12H18ClN/c1-10(2)8-12(9-11(3)13)6-4-5-7-14/h4,6,8-9H,1,5,7,14H2,2-3H3/b6-4+,11-9+,12-8-. The molecule has 0 fully saturated rings. The molecule has 1 nitrogen and oxygen atoms in total. The van der Waals surface area contributed by atoms with Crippen molar-refractivity contribution < 1.29 is 0 Å². The highest BCUT2D eigenvalue weighted by molar-refractivity contribution is 6.29. The normalized spacial score (nSPS) is 13.7. The van der Waals surface area contributed by atoms with Crippen molar-refractivity contribution in [2.75, 3.05) is 6.54 Å². The van der Waals surface area contributed by atoms with Gasteiger partial charge in [-0.05, 0) is 38.5 Å². The van der Waals surface area contributed by atoms with Crippen LogP contribution in [0.2, 0.25) is 0 Å². The fourth-order valence-corrected chi connectivity index (χ4v) is 1.09. The quantitative estimate of drug-likeness (QED) is 0.692. The van der Waals surface area contributed by atoms with E-state index >= 15 is 0 Å². The molecule has 0 unspecified atom stereocenters. The zero-order valence-electron chi connectivity index (χ0n) is 8.89. The van der Waals surface area contributed by atoms with Gasteiger partial charge in [0.2, 0.25) is 0 Å². The van der Waals surface area contributed by atoms with Crippen molar-refractivity contribution in [2.24, 2.45) is 5.73 Å². The Morgan fingerprint density at radius 1 is 1.36 bits per heavy atom. The summed E-state index contributed by atoms with van der Waals surface area (Å²) in [6, 6.07) is 0. The topological polar surface area (TPSA) is 26.0 Å². The van der Waals surface area contributed by atoms with Crippen LogP contribution in [0.4, 0.5) is 0 Å². The van der Waals surface area contributed by atoms with Crippen molar-refractivity contribution in [2.45, 2.75) is 20.3 Å². The van der Waals surface area contributed by atoms with Gasteiger partial charge in [0, 0.05) is 5.03 Å². The van der Waals surface area contributed by atoms with Crippen molar-refractivity contribution in [3.63, 3.8) is 0 Å². The molecule has 0 aliphatic heterocycles. The summed E-state index contributed by atoms with van der Waals surface area (Å²) in [7, 11) is 0. The summed E-state index contributed by atoms with van der Waals surface area (Å²) in [5.74, 6) is 0. The lowest BCUT2D eigenvalue weighted by atomic mass is 10.1. The summed E-state index contributed by atoms with van der Waals surface area (Å²) in [4.78, 5) is 0. The summed E-state index contributed by atoms with van der Waals surface area (Å²) >= 11 is 5.80. The predicted octanol–water partition coefficient (Wildman–Crippen LogP) is 3.54. The summed E-state index contributed by atoms with van der Waals surface area (Å²) in [5.41, 5.74) is 7.45. The van der Waals surface area contributed by atoms with Gasteiger partial charge in [0.1, 0.15) is 0 Å². The molecule has 0 saturated carbocycles. The van der Waals surface area contributed by atoms with Crippen LogP contribution in [0.5, 0.6) is 0 Å². The van der Waals surface area contributed by atoms with E-state index in [0.29, 0.717) is 6.54 Å². The number of rotatable bonds is 5. The van der Waals surface area contributed by atoms with Crippen molar-refractivity contribution >= 4 is 11.6 Å². The van der Waals surface area contributed by atoms with E-state index in [9.17, 15) is 0 Å². The Bertz CT molecular complexity index is 268. The third-order valence-electron chi connectivity index (χ3n) is 1.42. The van der Waals surface area contributed by atoms with Crippen LogP contribution in [-0.4, -0.2) is 6.54 Å². The fourth-order valence-electron chi connectivity index (χ4n) is 0.968. The first-order chi connectivity index (χ1) is 6.56. The lowest BCUT2D eigenvalue weighted by Gasteiger charge is -1.96. The summed E-state index contributed by atoms with van der Waals surface area (Å²) in [6.45, 7) is 8.29. The summed E-state index contributed by atoms with van der Waals surface area (Å²) in [5, 5.41) is 0.759. The Hall–Kier alpha value is -0.790. The predicted molar refractivity (Wildman–Crippen MR) is 65.3 cm³/mol. The summed E-state index contributed by atoms with van der Waals surface area (Å²) in [6.07, 6.45) is 8.81. The highest BCUT2D eigenvalue weighted by Crippen LogP contribution is 2.10. The van der Waals surface area contributed by atoms with Crippen LogP contribution in [0.1, 0.15) is 20.3 Å². The minimum absolute atomic E-state index is 0.667. The molecule has 0 rings (SSSR count). The molecule has 0 amide bonds. The van der Waals surface area contributed by atoms with E-state index in [-0.39, 0.29) is 0 Å². The van der Waals surface area contributed by atoms with Crippen molar-refractivity contribution in [3.8, 4) is 0 Å². The lowest BCUT2D eigenvalue weighted by molar-refractivity contribution is 1.01. The van der Waals surface area contributed by atoms with E-state index in [4.69, 9.17) is 17.3 Å². The van der Waals surface area contributed by atoms with E-state index < -0.39 is 0 Å². The second kappa shape index (κ2) is 7.60. The molecular weight excluding hydrogens is 194 g/mol. The maximum absolute atomic E-state index is 5.80. The van der Waals surface area contributed by atoms with Crippen LogP contribution >= 0.6 is 11.6 Å². The lowest BCUT2D eigenvalue weighted by Crippen LogP contribution is -1.95. The number of hydrogen-bond donors (Lipinski definition) is 1. The number of nitrogens with two attached hydrogens (primary N) is 1. The largest absolute Gasteiger partial charge is 0.330 e. The monoisotopic (exact) mass is 211 g/mol. The minimum atomic E-state index is 0.667. The van der Waals surface area contributed by atoms with Gasteiger partial charge in [0.05, 0.1) is 0 Å². The molecule has 0 aromatic carbocycles. The average Bonchev–Trinajstić information content (AvgIpc) is 2.02. The van der Waals surface area contributed by atoms with Gasteiger partial charge in [-0.2, -0.15) is 0 Å². The van der Waals surface area contributed by atoms with E-state index in [1.807, 2.05) is 38.2 Å². The highest BCUT2D eigenvalue weighted by Gasteiger charge is 1.88. The third-order valence-corrected chi connectivity index (χ3v) is 1.53. The van der Waals surface area contributed by atoms with E-state index in [0.717, 1.165) is 22.6 Å². The van der Waals surface area contributed by atoms with Crippen LogP contribution in [0.15, 0.2) is 47.1 Å². The Kier molecular flexibility index (Phi) is 7.17. The smallest absolute Gasteiger partial charge is 0.0155 e. The van der Waals surface area contributed by atoms with Gasteiger partial charge in [0.15, 0.2) is 0 Å². The van der Waals surface area contributed by atoms with Gasteiger partial charge in [0.25, 0.3) is 0 Å². The molecule has 78 valence electrons. The maximum Gasteiger partial charge on any atom is 0.0155 e. The molecule has 0 aromatic rings. The van der Waals surface area contributed by atoms with E-state index in [2.05, 4.69) is 6.58 Å². The second-order valence-corrected chi connectivity index (χ2v) is 3.80. The Labute approximate surface area is 91.6 Å². The van der Waals surface area contributed by atoms with Gasteiger partial charge in [-0.1, -0.05) is 42.0 Å². The molecule has 2 N–H and O–H groups in total. The molecule has 0 aliphatic rings. The first kappa shape index (κ1) is 13.2. The molecule has 0 saturated heterocycles. The van der Waals surface area contributed by atoms with Crippen molar-refractivity contribution in [3.05, 3.63) is 47.1 Å². The van der Waals surface area contributed by atoms with Crippen LogP contribution in [0, 0.1) is 0 Å². The molecule has 14 heavy (non-hydrogen) atoms. The second-order valence-electron chi connectivity index (χ2n) is 3.20. The number of hydrogen-bond acceptors (Lipinski definition) is 1. The van der Waals surface area contributed by atoms with Crippen molar-refractivity contribution in [1.29, 1.82) is 0 Å². The number of allylic oxidation sites excluding steroid dienone is 6. The molecule has 0 atom stereocenters. The van der Waals surface area contributed by atoms with Crippen molar-refractivity contribution in [1.82, 2.24) is 0 Å². The molecular formula is C12H18ClN. The van der Waals surface area contributed by atoms with Gasteiger partial charge in [-0.3, -0.25) is 0 Å². The van der Waals surface area contributed by atoms with Crippen LogP contribution in [0.3, 0.4) is 0 Å². The van der Waals surface area contributed by atoms with Crippen LogP contribution in [0.25, 0.3) is 0 Å². The maximum atomic E-state index is 5.80. The Morgan fingerprint density at radius 2 is 2.00 bits per heavy atom. The third kappa shape index (κ3) is 7.84. The highest BCUT2D eigenvalue weighted by atomic mass is 35.5. The average molecular weight is 212 g/mol. The van der Waals surface area contributed by atoms with E-state index in [1.54, 1.807) is 0 Å². The molecule has 0 aromatic heterocycles. The van der Waals surface area contributed by atoms with Crippen LogP contribution < -0.4 is 5.73 Å². The fraction of sp³-hybridized carbons (Fsp3) is 0.333. The molecule has 2 heteroatoms. The van der Waals surface area contributed by atoms with Gasteiger partial charge in [-0.15, -0.1) is 0 Å². The molecule has 0 spiro atoms. The van der Waals surface area contributed by atoms with Gasteiger partial charge in [-0.25, -0.2) is 0 Å².